The van der Waals surface area contributed by atoms with Gasteiger partial charge in [0.05, 0.1) is 26.2 Å². The maximum Gasteiger partial charge on any atom is 0.232 e. The first kappa shape index (κ1) is 22.6. The Morgan fingerprint density at radius 1 is 1.16 bits per heavy atom. The minimum absolute atomic E-state index is 0.109. The first-order valence-electron chi connectivity index (χ1n) is 10.6. The number of carbonyl (C=O) groups excluding carboxylic acids is 1. The van der Waals surface area contributed by atoms with Gasteiger partial charge in [-0.25, -0.2) is 0 Å². The summed E-state index contributed by atoms with van der Waals surface area (Å²) < 4.78 is 10.9. The zero-order valence-corrected chi connectivity index (χ0v) is 18.6. The normalized spacial score (nSPS) is 15.3. The van der Waals surface area contributed by atoms with Crippen molar-refractivity contribution in [3.05, 3.63) is 65.2 Å². The summed E-state index contributed by atoms with van der Waals surface area (Å²) in [7, 11) is 3.40. The van der Waals surface area contributed by atoms with Gasteiger partial charge in [0.2, 0.25) is 5.91 Å². The standard InChI is InChI=1S/C24H32N4O3/c1-18-9-10-20(22(15-18)30-3)16-26-24(25-2)27-17-21(19-7-5-4-6-8-19)23(29)28-11-13-31-14-12-28/h4-10,15,21H,11-14,16-17H2,1-3H3,(H2,25,26,27). The molecule has 1 atom stereocenters. The second kappa shape index (κ2) is 11.4. The third-order valence-corrected chi connectivity index (χ3v) is 5.41. The maximum absolute atomic E-state index is 13.2. The fourth-order valence-electron chi connectivity index (χ4n) is 3.63. The van der Waals surface area contributed by atoms with E-state index in [2.05, 4.69) is 21.7 Å². The van der Waals surface area contributed by atoms with Crippen molar-refractivity contribution in [3.8, 4) is 5.75 Å². The molecule has 0 aliphatic carbocycles. The molecule has 166 valence electrons. The Morgan fingerprint density at radius 2 is 1.90 bits per heavy atom. The van der Waals surface area contributed by atoms with E-state index in [1.54, 1.807) is 14.2 Å². The molecule has 1 fully saturated rings. The lowest BCUT2D eigenvalue weighted by Crippen LogP contribution is -2.47. The minimum Gasteiger partial charge on any atom is -0.496 e. The Kier molecular flexibility index (Phi) is 8.29. The van der Waals surface area contributed by atoms with Gasteiger partial charge in [-0.15, -0.1) is 0 Å². The van der Waals surface area contributed by atoms with Gasteiger partial charge in [0.25, 0.3) is 0 Å². The molecule has 0 saturated carbocycles. The zero-order valence-electron chi connectivity index (χ0n) is 18.6. The van der Waals surface area contributed by atoms with Crippen LogP contribution in [0.3, 0.4) is 0 Å². The summed E-state index contributed by atoms with van der Waals surface area (Å²) in [6.45, 7) is 5.48. The number of aliphatic imine (C=N–C) groups is 1. The second-order valence-electron chi connectivity index (χ2n) is 7.52. The molecule has 7 heteroatoms. The number of hydrogen-bond donors (Lipinski definition) is 2. The molecule has 1 aliphatic rings. The fraction of sp³-hybridized carbons (Fsp3) is 0.417. The smallest absolute Gasteiger partial charge is 0.232 e. The lowest BCUT2D eigenvalue weighted by Gasteiger charge is -2.31. The Bertz CT molecular complexity index is 880. The van der Waals surface area contributed by atoms with E-state index in [1.807, 2.05) is 54.3 Å². The molecule has 1 heterocycles. The highest BCUT2D eigenvalue weighted by molar-refractivity contribution is 5.86. The van der Waals surface area contributed by atoms with Crippen molar-refractivity contribution in [2.75, 3.05) is 47.0 Å². The fourth-order valence-corrected chi connectivity index (χ4v) is 3.63. The van der Waals surface area contributed by atoms with E-state index in [0.717, 1.165) is 22.4 Å². The van der Waals surface area contributed by atoms with Crippen LogP contribution in [0.4, 0.5) is 0 Å². The number of rotatable bonds is 7. The maximum atomic E-state index is 13.2. The Hall–Kier alpha value is -3.06. The molecular weight excluding hydrogens is 392 g/mol. The predicted octanol–water partition coefficient (Wildman–Crippen LogP) is 2.31. The van der Waals surface area contributed by atoms with Gasteiger partial charge in [0.15, 0.2) is 5.96 Å². The van der Waals surface area contributed by atoms with Crippen LogP contribution in [0.1, 0.15) is 22.6 Å². The van der Waals surface area contributed by atoms with E-state index in [0.29, 0.717) is 45.4 Å². The van der Waals surface area contributed by atoms with Gasteiger partial charge in [0, 0.05) is 38.8 Å². The van der Waals surface area contributed by atoms with Crippen LogP contribution in [-0.2, 0) is 16.1 Å². The summed E-state index contributed by atoms with van der Waals surface area (Å²) in [5, 5.41) is 6.65. The minimum atomic E-state index is -0.299. The molecule has 2 N–H and O–H groups in total. The molecule has 2 aromatic carbocycles. The van der Waals surface area contributed by atoms with Crippen molar-refractivity contribution in [2.45, 2.75) is 19.4 Å². The highest BCUT2D eigenvalue weighted by Crippen LogP contribution is 2.20. The van der Waals surface area contributed by atoms with Crippen LogP contribution in [0.15, 0.2) is 53.5 Å². The first-order valence-corrected chi connectivity index (χ1v) is 10.6. The quantitative estimate of drug-likeness (QED) is 0.527. The van der Waals surface area contributed by atoms with Gasteiger partial charge >= 0.3 is 0 Å². The number of benzene rings is 2. The Balaban J connectivity index is 1.66. The number of nitrogens with one attached hydrogen (secondary N) is 2. The number of ether oxygens (including phenoxy) is 2. The lowest BCUT2D eigenvalue weighted by atomic mass is 9.97. The molecule has 0 spiro atoms. The number of hydrogen-bond acceptors (Lipinski definition) is 4. The monoisotopic (exact) mass is 424 g/mol. The highest BCUT2D eigenvalue weighted by atomic mass is 16.5. The molecule has 0 bridgehead atoms. The van der Waals surface area contributed by atoms with Gasteiger partial charge < -0.3 is 25.0 Å². The number of nitrogens with zero attached hydrogens (tertiary/aromatic N) is 2. The molecule has 1 aliphatic heterocycles. The summed E-state index contributed by atoms with van der Waals surface area (Å²) in [4.78, 5) is 19.5. The summed E-state index contributed by atoms with van der Waals surface area (Å²) in [6, 6.07) is 16.0. The number of amides is 1. The number of methoxy groups -OCH3 is 1. The van der Waals surface area contributed by atoms with E-state index in [4.69, 9.17) is 9.47 Å². The van der Waals surface area contributed by atoms with E-state index in [9.17, 15) is 4.79 Å². The van der Waals surface area contributed by atoms with Crippen LogP contribution in [0.2, 0.25) is 0 Å². The van der Waals surface area contributed by atoms with Crippen LogP contribution >= 0.6 is 0 Å². The molecule has 2 aromatic rings. The van der Waals surface area contributed by atoms with Gasteiger partial charge in [-0.2, -0.15) is 0 Å². The van der Waals surface area contributed by atoms with Crippen LogP contribution < -0.4 is 15.4 Å². The van der Waals surface area contributed by atoms with E-state index < -0.39 is 0 Å². The number of guanidine groups is 1. The zero-order chi connectivity index (χ0) is 22.1. The molecular formula is C24H32N4O3. The SMILES string of the molecule is CN=C(NCc1ccc(C)cc1OC)NCC(C(=O)N1CCOCC1)c1ccccc1. The lowest BCUT2D eigenvalue weighted by molar-refractivity contribution is -0.136. The summed E-state index contributed by atoms with van der Waals surface area (Å²) in [5.41, 5.74) is 3.18. The molecule has 1 unspecified atom stereocenters. The van der Waals surface area contributed by atoms with Crippen LogP contribution in [0.5, 0.6) is 5.75 Å². The molecule has 0 radical (unpaired) electrons. The Labute approximate surface area is 184 Å². The van der Waals surface area contributed by atoms with Crippen molar-refractivity contribution < 1.29 is 14.3 Å². The topological polar surface area (TPSA) is 75.2 Å². The molecule has 31 heavy (non-hydrogen) atoms. The molecule has 1 saturated heterocycles. The molecule has 3 rings (SSSR count). The van der Waals surface area contributed by atoms with Gasteiger partial charge in [-0.05, 0) is 24.1 Å². The largest absolute Gasteiger partial charge is 0.496 e. The van der Waals surface area contributed by atoms with Gasteiger partial charge in [-0.1, -0.05) is 42.5 Å². The molecule has 0 aromatic heterocycles. The number of aryl methyl sites for hydroxylation is 1. The van der Waals surface area contributed by atoms with Gasteiger partial charge in [0.1, 0.15) is 5.75 Å². The number of carbonyl (C=O) groups is 1. The molecule has 7 nitrogen and oxygen atoms in total. The Morgan fingerprint density at radius 3 is 2.58 bits per heavy atom. The van der Waals surface area contributed by atoms with Crippen LogP contribution in [0, 0.1) is 6.92 Å². The average Bonchev–Trinajstić information content (AvgIpc) is 2.82. The molecule has 1 amide bonds. The summed E-state index contributed by atoms with van der Waals surface area (Å²) in [6.07, 6.45) is 0. The summed E-state index contributed by atoms with van der Waals surface area (Å²) in [5.74, 6) is 1.29. The van der Waals surface area contributed by atoms with Crippen LogP contribution in [0.25, 0.3) is 0 Å². The third kappa shape index (κ3) is 6.21. The number of morpholine rings is 1. The van der Waals surface area contributed by atoms with Crippen molar-refractivity contribution >= 4 is 11.9 Å². The van der Waals surface area contributed by atoms with E-state index in [1.165, 1.54) is 0 Å². The third-order valence-electron chi connectivity index (χ3n) is 5.41. The van der Waals surface area contributed by atoms with Crippen molar-refractivity contribution in [1.29, 1.82) is 0 Å². The van der Waals surface area contributed by atoms with Crippen molar-refractivity contribution in [3.63, 3.8) is 0 Å². The highest BCUT2D eigenvalue weighted by Gasteiger charge is 2.27. The van der Waals surface area contributed by atoms with E-state index in [-0.39, 0.29) is 11.8 Å². The van der Waals surface area contributed by atoms with Gasteiger partial charge in [-0.3, -0.25) is 9.79 Å². The second-order valence-corrected chi connectivity index (χ2v) is 7.52. The predicted molar refractivity (Wildman–Crippen MR) is 123 cm³/mol. The average molecular weight is 425 g/mol. The first-order chi connectivity index (χ1) is 15.1. The summed E-state index contributed by atoms with van der Waals surface area (Å²) >= 11 is 0. The van der Waals surface area contributed by atoms with E-state index >= 15 is 0 Å². The van der Waals surface area contributed by atoms with Crippen molar-refractivity contribution in [2.24, 2.45) is 4.99 Å². The van der Waals surface area contributed by atoms with Crippen molar-refractivity contribution in [1.82, 2.24) is 15.5 Å². The van der Waals surface area contributed by atoms with Crippen LogP contribution in [-0.4, -0.2) is 63.8 Å².